The molecule has 2 atom stereocenters. The number of ether oxygens (including phenoxy) is 1. The second kappa shape index (κ2) is 6.17. The van der Waals surface area contributed by atoms with Gasteiger partial charge >= 0.3 is 0 Å². The van der Waals surface area contributed by atoms with Crippen LogP contribution in [0, 0.1) is 10.1 Å². The molecule has 0 saturated carbocycles. The molecular formula is C13H20N4O3. The van der Waals surface area contributed by atoms with E-state index in [1.165, 1.54) is 6.07 Å². The van der Waals surface area contributed by atoms with Gasteiger partial charge in [0, 0.05) is 25.3 Å². The summed E-state index contributed by atoms with van der Waals surface area (Å²) in [6.07, 6.45) is 1.14. The van der Waals surface area contributed by atoms with Crippen molar-refractivity contribution in [3.63, 3.8) is 0 Å². The van der Waals surface area contributed by atoms with E-state index in [1.807, 2.05) is 20.0 Å². The van der Waals surface area contributed by atoms with Gasteiger partial charge in [0.15, 0.2) is 0 Å². The highest BCUT2D eigenvalue weighted by molar-refractivity contribution is 5.65. The van der Waals surface area contributed by atoms with E-state index in [1.54, 1.807) is 6.07 Å². The van der Waals surface area contributed by atoms with E-state index in [9.17, 15) is 10.1 Å². The van der Waals surface area contributed by atoms with E-state index >= 15 is 0 Å². The molecule has 3 N–H and O–H groups in total. The van der Waals surface area contributed by atoms with Gasteiger partial charge in [0.05, 0.1) is 11.0 Å². The second-order valence-electron chi connectivity index (χ2n) is 5.06. The van der Waals surface area contributed by atoms with Crippen LogP contribution in [0.3, 0.4) is 0 Å². The van der Waals surface area contributed by atoms with Crippen LogP contribution in [-0.4, -0.2) is 35.6 Å². The summed E-state index contributed by atoms with van der Waals surface area (Å²) in [5, 5.41) is 11.0. The zero-order valence-electron chi connectivity index (χ0n) is 11.7. The molecule has 0 bridgehead atoms. The molecule has 20 heavy (non-hydrogen) atoms. The van der Waals surface area contributed by atoms with Crippen LogP contribution < -0.4 is 11.3 Å². The zero-order chi connectivity index (χ0) is 14.7. The third kappa shape index (κ3) is 2.90. The zero-order valence-corrected chi connectivity index (χ0v) is 11.7. The fourth-order valence-corrected chi connectivity index (χ4v) is 2.72. The average Bonchev–Trinajstić information content (AvgIpc) is 2.84. The maximum Gasteiger partial charge on any atom is 0.293 e. The fourth-order valence-electron chi connectivity index (χ4n) is 2.72. The predicted molar refractivity (Wildman–Crippen MR) is 76.2 cm³/mol. The van der Waals surface area contributed by atoms with E-state index in [-0.39, 0.29) is 11.8 Å². The van der Waals surface area contributed by atoms with Crippen LogP contribution in [0.15, 0.2) is 18.2 Å². The topological polar surface area (TPSA) is 93.7 Å². The molecule has 1 heterocycles. The van der Waals surface area contributed by atoms with Crippen molar-refractivity contribution in [1.29, 1.82) is 0 Å². The molecule has 0 spiro atoms. The van der Waals surface area contributed by atoms with Gasteiger partial charge in [-0.3, -0.25) is 20.9 Å². The van der Waals surface area contributed by atoms with E-state index in [0.29, 0.717) is 18.3 Å². The average molecular weight is 280 g/mol. The first-order valence-electron chi connectivity index (χ1n) is 6.59. The van der Waals surface area contributed by atoms with Gasteiger partial charge in [-0.05, 0) is 26.0 Å². The minimum absolute atomic E-state index is 0.00544. The van der Waals surface area contributed by atoms with Crippen LogP contribution in [0.4, 0.5) is 11.4 Å². The van der Waals surface area contributed by atoms with Crippen LogP contribution in [0.5, 0.6) is 0 Å². The Bertz CT molecular complexity index is 495. The highest BCUT2D eigenvalue weighted by Crippen LogP contribution is 2.29. The lowest BCUT2D eigenvalue weighted by atomic mass is 10.1. The maximum absolute atomic E-state index is 11.0. The number of anilines is 1. The molecule has 2 unspecified atom stereocenters. The van der Waals surface area contributed by atoms with Gasteiger partial charge in [0.1, 0.15) is 5.69 Å². The molecule has 2 rings (SSSR count). The molecule has 7 nitrogen and oxygen atoms in total. The monoisotopic (exact) mass is 280 g/mol. The molecule has 1 aromatic rings. The number of nitro benzene ring substituents is 1. The van der Waals surface area contributed by atoms with Crippen molar-refractivity contribution in [3.05, 3.63) is 33.9 Å². The van der Waals surface area contributed by atoms with Gasteiger partial charge in [-0.25, -0.2) is 0 Å². The van der Waals surface area contributed by atoms with Crippen molar-refractivity contribution in [1.82, 2.24) is 4.90 Å². The standard InChI is InChI=1S/C13H20N4O3/c1-9-11(6-7-20-9)16(2)8-10-4-3-5-12(17(18)19)13(10)15-14/h3-5,9,11,15H,6-8,14H2,1-2H3. The molecule has 0 radical (unpaired) electrons. The summed E-state index contributed by atoms with van der Waals surface area (Å²) >= 11 is 0. The highest BCUT2D eigenvalue weighted by Gasteiger charge is 2.28. The molecule has 1 saturated heterocycles. The molecular weight excluding hydrogens is 260 g/mol. The van der Waals surface area contributed by atoms with Crippen LogP contribution in [-0.2, 0) is 11.3 Å². The van der Waals surface area contributed by atoms with Gasteiger partial charge in [-0.1, -0.05) is 12.1 Å². The molecule has 1 aromatic carbocycles. The summed E-state index contributed by atoms with van der Waals surface area (Å²) in [6, 6.07) is 5.29. The Labute approximate surface area is 117 Å². The maximum atomic E-state index is 11.0. The van der Waals surface area contributed by atoms with E-state index in [4.69, 9.17) is 10.6 Å². The molecule has 1 aliphatic rings. The van der Waals surface area contributed by atoms with Crippen molar-refractivity contribution in [2.45, 2.75) is 32.0 Å². The molecule has 0 aliphatic carbocycles. The number of hydrogen-bond donors (Lipinski definition) is 2. The minimum Gasteiger partial charge on any atom is -0.377 e. The normalized spacial score (nSPS) is 22.2. The number of rotatable bonds is 5. The number of hydrazine groups is 1. The van der Waals surface area contributed by atoms with E-state index in [2.05, 4.69) is 10.3 Å². The van der Waals surface area contributed by atoms with Crippen LogP contribution in [0.2, 0.25) is 0 Å². The molecule has 7 heteroatoms. The SMILES string of the molecule is CC1OCCC1N(C)Cc1cccc([N+](=O)[O-])c1NN. The quantitative estimate of drug-likeness (QED) is 0.482. The molecule has 1 fully saturated rings. The number of nitrogens with zero attached hydrogens (tertiary/aromatic N) is 2. The lowest BCUT2D eigenvalue weighted by molar-refractivity contribution is -0.384. The van der Waals surface area contributed by atoms with Crippen LogP contribution >= 0.6 is 0 Å². The van der Waals surface area contributed by atoms with Gasteiger partial charge < -0.3 is 10.2 Å². The molecule has 0 amide bonds. The van der Waals surface area contributed by atoms with Crippen molar-refractivity contribution in [2.24, 2.45) is 5.84 Å². The molecule has 1 aliphatic heterocycles. The molecule has 110 valence electrons. The highest BCUT2D eigenvalue weighted by atomic mass is 16.6. The van der Waals surface area contributed by atoms with Gasteiger partial charge in [-0.2, -0.15) is 0 Å². The number of nitrogen functional groups attached to an aromatic ring is 1. The van der Waals surface area contributed by atoms with Crippen molar-refractivity contribution < 1.29 is 9.66 Å². The fraction of sp³-hybridized carbons (Fsp3) is 0.538. The number of hydrogen-bond acceptors (Lipinski definition) is 6. The van der Waals surface area contributed by atoms with E-state index in [0.717, 1.165) is 18.6 Å². The summed E-state index contributed by atoms with van der Waals surface area (Å²) in [5.74, 6) is 5.45. The Balaban J connectivity index is 2.20. The third-order valence-electron chi connectivity index (χ3n) is 3.79. The number of nitrogens with one attached hydrogen (secondary N) is 1. The minimum atomic E-state index is -0.431. The smallest absolute Gasteiger partial charge is 0.293 e. The summed E-state index contributed by atoms with van der Waals surface area (Å²) in [7, 11) is 2.00. The summed E-state index contributed by atoms with van der Waals surface area (Å²) < 4.78 is 5.55. The molecule has 0 aromatic heterocycles. The Morgan fingerprint density at radius 3 is 2.90 bits per heavy atom. The van der Waals surface area contributed by atoms with Gasteiger partial charge in [-0.15, -0.1) is 0 Å². The van der Waals surface area contributed by atoms with Gasteiger partial charge in [0.25, 0.3) is 5.69 Å². The number of likely N-dealkylation sites (N-methyl/N-ethyl adjacent to an activating group) is 1. The largest absolute Gasteiger partial charge is 0.377 e. The summed E-state index contributed by atoms with van der Waals surface area (Å²) in [4.78, 5) is 12.7. The lowest BCUT2D eigenvalue weighted by Crippen LogP contribution is -2.36. The first-order chi connectivity index (χ1) is 9.54. The number of para-hydroxylation sites is 1. The summed E-state index contributed by atoms with van der Waals surface area (Å²) in [6.45, 7) is 3.39. The third-order valence-corrected chi connectivity index (χ3v) is 3.79. The Hall–Kier alpha value is -1.70. The van der Waals surface area contributed by atoms with E-state index < -0.39 is 4.92 Å². The van der Waals surface area contributed by atoms with Gasteiger partial charge in [0.2, 0.25) is 0 Å². The number of nitrogens with two attached hydrogens (primary N) is 1. The number of benzene rings is 1. The van der Waals surface area contributed by atoms with Crippen LogP contribution in [0.1, 0.15) is 18.9 Å². The Morgan fingerprint density at radius 1 is 1.60 bits per heavy atom. The first kappa shape index (κ1) is 14.7. The summed E-state index contributed by atoms with van der Waals surface area (Å²) in [5.41, 5.74) is 3.63. The Kier molecular flexibility index (Phi) is 4.53. The number of nitro groups is 1. The second-order valence-corrected chi connectivity index (χ2v) is 5.06. The first-order valence-corrected chi connectivity index (χ1v) is 6.59. The Morgan fingerprint density at radius 2 is 2.35 bits per heavy atom. The predicted octanol–water partition coefficient (Wildman–Crippen LogP) is 1.49. The van der Waals surface area contributed by atoms with Crippen molar-refractivity contribution in [2.75, 3.05) is 19.1 Å². The van der Waals surface area contributed by atoms with Crippen molar-refractivity contribution in [3.8, 4) is 0 Å². The van der Waals surface area contributed by atoms with Crippen LogP contribution in [0.25, 0.3) is 0 Å². The lowest BCUT2D eigenvalue weighted by Gasteiger charge is -2.27. The van der Waals surface area contributed by atoms with Crippen molar-refractivity contribution >= 4 is 11.4 Å².